The van der Waals surface area contributed by atoms with Crippen LogP contribution in [0.1, 0.15) is 157 Å². The molecule has 0 aromatic heterocycles. The highest BCUT2D eigenvalue weighted by Gasteiger charge is 2.30. The fourth-order valence-corrected chi connectivity index (χ4v) is 6.91. The smallest absolute Gasteiger partial charge is 0.416 e. The lowest BCUT2D eigenvalue weighted by Gasteiger charge is -2.09. The molecule has 12 heteroatoms. The van der Waals surface area contributed by atoms with Crippen molar-refractivity contribution < 1.29 is 56.0 Å². The molecule has 0 N–H and O–H groups in total. The molecule has 0 heterocycles. The number of esters is 4. The first kappa shape index (κ1) is 49.6. The molecule has 0 unspecified atom stereocenters. The van der Waals surface area contributed by atoms with Crippen LogP contribution in [0.2, 0.25) is 0 Å². The minimum Gasteiger partial charge on any atom is -0.494 e. The molecule has 0 saturated carbocycles. The zero-order valence-electron chi connectivity index (χ0n) is 36.9. The largest absolute Gasteiger partial charge is 0.494 e. The van der Waals surface area contributed by atoms with E-state index in [-0.39, 0.29) is 39.7 Å². The van der Waals surface area contributed by atoms with Crippen LogP contribution in [-0.4, -0.2) is 30.5 Å². The summed E-state index contributed by atoms with van der Waals surface area (Å²) in [6, 6.07) is 27.4. The maximum absolute atomic E-state index is 12.9. The third-order valence-corrected chi connectivity index (χ3v) is 10.6. The van der Waals surface area contributed by atoms with Crippen molar-refractivity contribution in [3.8, 4) is 28.7 Å². The maximum Gasteiger partial charge on any atom is 0.416 e. The van der Waals surface area contributed by atoms with Gasteiger partial charge in [0, 0.05) is 0 Å². The van der Waals surface area contributed by atoms with Gasteiger partial charge in [0.15, 0.2) is 0 Å². The number of hydrogen-bond donors (Lipinski definition) is 0. The van der Waals surface area contributed by atoms with E-state index in [1.54, 1.807) is 24.3 Å². The number of benzene rings is 5. The molecular formula is C53H57F3O9. The quantitative estimate of drug-likeness (QED) is 0.0304. The Balaban J connectivity index is 0.961. The van der Waals surface area contributed by atoms with Gasteiger partial charge in [0.05, 0.1) is 34.4 Å². The van der Waals surface area contributed by atoms with Crippen molar-refractivity contribution in [2.75, 3.05) is 6.61 Å². The number of rotatable bonds is 26. The summed E-state index contributed by atoms with van der Waals surface area (Å²) in [6.07, 6.45) is 16.5. The van der Waals surface area contributed by atoms with Crippen LogP contribution in [0.4, 0.5) is 13.2 Å². The number of ether oxygens (including phenoxy) is 5. The van der Waals surface area contributed by atoms with Crippen LogP contribution >= 0.6 is 0 Å². The van der Waals surface area contributed by atoms with Crippen molar-refractivity contribution in [3.63, 3.8) is 0 Å². The number of alkyl halides is 3. The van der Waals surface area contributed by atoms with Gasteiger partial charge in [-0.05, 0) is 122 Å². The Morgan fingerprint density at radius 2 is 0.723 bits per heavy atom. The first-order chi connectivity index (χ1) is 31.5. The Hall–Kier alpha value is -6.43. The summed E-state index contributed by atoms with van der Waals surface area (Å²) in [6.45, 7) is 2.88. The molecule has 0 atom stereocenters. The molecule has 0 aliphatic heterocycles. The Morgan fingerprint density at radius 3 is 1.12 bits per heavy atom. The minimum atomic E-state index is -4.52. The molecule has 0 bridgehead atoms. The highest BCUT2D eigenvalue weighted by atomic mass is 19.4. The molecule has 5 rings (SSSR count). The maximum atomic E-state index is 12.9. The van der Waals surface area contributed by atoms with Crippen LogP contribution in [0.3, 0.4) is 0 Å². The summed E-state index contributed by atoms with van der Waals surface area (Å²) in [7, 11) is 0. The lowest BCUT2D eigenvalue weighted by molar-refractivity contribution is -0.137. The molecule has 5 aromatic carbocycles. The molecule has 0 aliphatic rings. The Kier molecular flexibility index (Phi) is 20.1. The second-order valence-electron chi connectivity index (χ2n) is 15.8. The Labute approximate surface area is 379 Å². The van der Waals surface area contributed by atoms with Gasteiger partial charge in [-0.3, -0.25) is 0 Å². The number of hydrogen-bond acceptors (Lipinski definition) is 9. The van der Waals surface area contributed by atoms with E-state index in [1.165, 1.54) is 163 Å². The van der Waals surface area contributed by atoms with Crippen molar-refractivity contribution in [1.29, 1.82) is 0 Å². The predicted molar refractivity (Wildman–Crippen MR) is 242 cm³/mol. The van der Waals surface area contributed by atoms with Crippen LogP contribution in [0, 0.1) is 0 Å². The standard InChI is InChI=1S/C53H57F3O9/c1-2-3-4-5-6-7-8-9-10-11-12-13-14-15-16-17-37-61-44-29-21-39(22-30-44)49(57)62-45-31-25-41(26-32-45)51(59)65-48-20-18-19-42(38-48)52(60)64-46-33-23-40(24-34-46)50(58)63-47-35-27-43(28-36-47)53(54,55)56/h18-36,38H,2-17,37H2,1H3. The zero-order chi connectivity index (χ0) is 46.3. The van der Waals surface area contributed by atoms with Crippen molar-refractivity contribution in [2.45, 2.75) is 116 Å². The van der Waals surface area contributed by atoms with Gasteiger partial charge in [-0.2, -0.15) is 13.2 Å². The van der Waals surface area contributed by atoms with E-state index in [1.807, 2.05) is 0 Å². The molecule has 344 valence electrons. The normalized spacial score (nSPS) is 11.1. The summed E-state index contributed by atoms with van der Waals surface area (Å²) >= 11 is 0. The van der Waals surface area contributed by atoms with E-state index in [9.17, 15) is 32.3 Å². The van der Waals surface area contributed by atoms with Crippen molar-refractivity contribution in [3.05, 3.63) is 149 Å². The first-order valence-corrected chi connectivity index (χ1v) is 22.6. The lowest BCUT2D eigenvalue weighted by Crippen LogP contribution is -2.12. The van der Waals surface area contributed by atoms with Crippen molar-refractivity contribution in [1.82, 2.24) is 0 Å². The SMILES string of the molecule is CCCCCCCCCCCCCCCCCCOc1ccc(C(=O)Oc2ccc(C(=O)Oc3cccc(C(=O)Oc4ccc(C(=O)Oc5ccc(C(F)(F)F)cc5)cc4)c3)cc2)cc1. The van der Waals surface area contributed by atoms with Gasteiger partial charge in [-0.15, -0.1) is 0 Å². The van der Waals surface area contributed by atoms with E-state index in [0.29, 0.717) is 17.9 Å². The minimum absolute atomic E-state index is 0.0657. The topological polar surface area (TPSA) is 114 Å². The summed E-state index contributed by atoms with van der Waals surface area (Å²) < 4.78 is 65.8. The second kappa shape index (κ2) is 26.4. The number of unbranched alkanes of at least 4 members (excludes halogenated alkanes) is 15. The average molecular weight is 895 g/mol. The summed E-state index contributed by atoms with van der Waals surface area (Å²) in [5, 5.41) is 0. The molecular weight excluding hydrogens is 838 g/mol. The fraction of sp³-hybridized carbons (Fsp3) is 0.358. The van der Waals surface area contributed by atoms with E-state index in [4.69, 9.17) is 23.7 Å². The summed E-state index contributed by atoms with van der Waals surface area (Å²) in [4.78, 5) is 51.1. The molecule has 0 saturated heterocycles. The van der Waals surface area contributed by atoms with Crippen molar-refractivity contribution >= 4 is 23.9 Å². The molecule has 9 nitrogen and oxygen atoms in total. The highest BCUT2D eigenvalue weighted by molar-refractivity contribution is 5.95. The van der Waals surface area contributed by atoms with E-state index >= 15 is 0 Å². The third kappa shape index (κ3) is 17.6. The summed E-state index contributed by atoms with van der Waals surface area (Å²) in [5.41, 5.74) is -0.231. The van der Waals surface area contributed by atoms with Crippen LogP contribution < -0.4 is 23.7 Å². The zero-order valence-corrected chi connectivity index (χ0v) is 36.9. The highest BCUT2D eigenvalue weighted by Crippen LogP contribution is 2.31. The van der Waals surface area contributed by atoms with E-state index in [2.05, 4.69) is 6.92 Å². The van der Waals surface area contributed by atoms with E-state index < -0.39 is 35.6 Å². The van der Waals surface area contributed by atoms with Crippen LogP contribution in [0.15, 0.2) is 121 Å². The average Bonchev–Trinajstić information content (AvgIpc) is 3.30. The second-order valence-corrected chi connectivity index (χ2v) is 15.8. The predicted octanol–water partition coefficient (Wildman–Crippen LogP) is 14.2. The third-order valence-electron chi connectivity index (χ3n) is 10.6. The monoisotopic (exact) mass is 894 g/mol. The molecule has 0 spiro atoms. The number of carbonyl (C=O) groups excluding carboxylic acids is 4. The molecule has 0 radical (unpaired) electrons. The molecule has 0 aliphatic carbocycles. The summed E-state index contributed by atoms with van der Waals surface area (Å²) in [5.74, 6) is -1.89. The Morgan fingerprint density at radius 1 is 0.385 bits per heavy atom. The van der Waals surface area contributed by atoms with Gasteiger partial charge in [-0.25, -0.2) is 19.2 Å². The van der Waals surface area contributed by atoms with Crippen LogP contribution in [0.5, 0.6) is 28.7 Å². The van der Waals surface area contributed by atoms with Gasteiger partial charge < -0.3 is 23.7 Å². The fourth-order valence-electron chi connectivity index (χ4n) is 6.91. The van der Waals surface area contributed by atoms with E-state index in [0.717, 1.165) is 37.1 Å². The van der Waals surface area contributed by atoms with Crippen LogP contribution in [-0.2, 0) is 6.18 Å². The van der Waals surface area contributed by atoms with Crippen molar-refractivity contribution in [2.24, 2.45) is 0 Å². The van der Waals surface area contributed by atoms with Crippen LogP contribution in [0.25, 0.3) is 0 Å². The lowest BCUT2D eigenvalue weighted by atomic mass is 10.0. The Bertz CT molecular complexity index is 2240. The molecule has 65 heavy (non-hydrogen) atoms. The molecule has 0 fully saturated rings. The molecule has 0 amide bonds. The number of halogens is 3. The number of carbonyl (C=O) groups is 4. The molecule has 5 aromatic rings. The van der Waals surface area contributed by atoms with Gasteiger partial charge in [0.1, 0.15) is 28.7 Å². The van der Waals surface area contributed by atoms with Gasteiger partial charge in [0.25, 0.3) is 0 Å². The van der Waals surface area contributed by atoms with Gasteiger partial charge in [0.2, 0.25) is 0 Å². The van der Waals surface area contributed by atoms with Gasteiger partial charge >= 0.3 is 30.1 Å². The van der Waals surface area contributed by atoms with Gasteiger partial charge in [-0.1, -0.05) is 109 Å². The first-order valence-electron chi connectivity index (χ1n) is 22.6.